The highest BCUT2D eigenvalue weighted by Crippen LogP contribution is 2.47. The highest BCUT2D eigenvalue weighted by atomic mass is 16.5. The maximum Gasteiger partial charge on any atom is 0.326 e. The van der Waals surface area contributed by atoms with Crippen LogP contribution in [-0.2, 0) is 24.5 Å². The molecule has 0 bridgehead atoms. The fourth-order valence-corrected chi connectivity index (χ4v) is 6.43. The predicted molar refractivity (Wildman–Crippen MR) is 132 cm³/mol. The number of likely N-dealkylation sites (N-methyl/N-ethyl adjacent to an activating group) is 1. The fraction of sp³-hybridized carbons (Fsp3) is 0.556. The first-order valence-electron chi connectivity index (χ1n) is 12.1. The first kappa shape index (κ1) is 24.9. The van der Waals surface area contributed by atoms with Gasteiger partial charge < -0.3 is 15.0 Å². The molecule has 3 amide bonds. The number of nitrogens with zero attached hydrogens (tertiary/aromatic N) is 2. The molecule has 35 heavy (non-hydrogen) atoms. The predicted octanol–water partition coefficient (Wildman–Crippen LogP) is 3.55. The first-order chi connectivity index (χ1) is 16.3. The lowest BCUT2D eigenvalue weighted by atomic mass is 9.64. The number of carbonyl (C=O) groups excluding carboxylic acids is 4. The number of ketones is 1. The van der Waals surface area contributed by atoms with Crippen molar-refractivity contribution in [2.45, 2.75) is 64.8 Å². The minimum Gasteiger partial charge on any atom is -0.456 e. The van der Waals surface area contributed by atoms with E-state index >= 15 is 0 Å². The molecule has 2 heterocycles. The van der Waals surface area contributed by atoms with Crippen LogP contribution in [0.3, 0.4) is 0 Å². The minimum atomic E-state index is -0.980. The molecule has 188 valence electrons. The third kappa shape index (κ3) is 4.46. The van der Waals surface area contributed by atoms with Gasteiger partial charge in [0.15, 0.2) is 12.4 Å². The molecule has 1 aliphatic carbocycles. The lowest BCUT2D eigenvalue weighted by Gasteiger charge is -2.43. The Morgan fingerprint density at radius 1 is 1.14 bits per heavy atom. The Hall–Kier alpha value is -3.16. The SMILES string of the molecule is C[C@H]1CC(C)(C)C[C@@]2(C1)NC(=O)N(CC(=O)OCC(=O)/C=C1/N(C)c3ccccc3C1(C)C)C2=O. The Bertz CT molecular complexity index is 1120. The van der Waals surface area contributed by atoms with Crippen LogP contribution in [-0.4, -0.2) is 54.3 Å². The molecule has 2 aliphatic heterocycles. The van der Waals surface area contributed by atoms with Crippen LogP contribution in [0.4, 0.5) is 10.5 Å². The topological polar surface area (TPSA) is 96.0 Å². The number of rotatable bonds is 5. The van der Waals surface area contributed by atoms with Crippen molar-refractivity contribution >= 4 is 29.4 Å². The third-order valence-electron chi connectivity index (χ3n) is 7.52. The standard InChI is InChI=1S/C27H35N3O5/c1-17-12-25(2,3)16-27(13-17)23(33)30(24(34)28-27)14-22(32)35-15-18(31)11-21-26(4,5)19-9-7-8-10-20(19)29(21)6/h7-11,17H,12-16H2,1-6H3,(H,28,34)/b21-11+/t17-,27+/m0/s1. The van der Waals surface area contributed by atoms with Crippen LogP contribution in [0.5, 0.6) is 0 Å². The molecule has 0 unspecified atom stereocenters. The van der Waals surface area contributed by atoms with Gasteiger partial charge in [-0.25, -0.2) is 4.79 Å². The van der Waals surface area contributed by atoms with Gasteiger partial charge in [-0.05, 0) is 42.2 Å². The number of hydrogen-bond donors (Lipinski definition) is 1. The molecule has 2 fully saturated rings. The fourth-order valence-electron chi connectivity index (χ4n) is 6.43. The van der Waals surface area contributed by atoms with E-state index in [-0.39, 0.29) is 28.4 Å². The molecule has 0 aromatic heterocycles. The number of urea groups is 1. The van der Waals surface area contributed by atoms with E-state index in [1.807, 2.05) is 50.1 Å². The van der Waals surface area contributed by atoms with Crippen molar-refractivity contribution in [3.05, 3.63) is 41.6 Å². The van der Waals surface area contributed by atoms with Crippen LogP contribution in [0, 0.1) is 11.3 Å². The first-order valence-corrected chi connectivity index (χ1v) is 12.1. The summed E-state index contributed by atoms with van der Waals surface area (Å²) in [5.41, 5.74) is 1.51. The van der Waals surface area contributed by atoms with E-state index in [4.69, 9.17) is 4.74 Å². The molecule has 1 aromatic carbocycles. The van der Waals surface area contributed by atoms with E-state index in [1.54, 1.807) is 0 Å². The zero-order valence-electron chi connectivity index (χ0n) is 21.4. The number of fused-ring (bicyclic) bond motifs is 1. The van der Waals surface area contributed by atoms with Gasteiger partial charge in [0.05, 0.1) is 0 Å². The van der Waals surface area contributed by atoms with Gasteiger partial charge in [-0.1, -0.05) is 52.8 Å². The van der Waals surface area contributed by atoms with Gasteiger partial charge in [-0.2, -0.15) is 0 Å². The van der Waals surface area contributed by atoms with Crippen molar-refractivity contribution in [2.24, 2.45) is 11.3 Å². The van der Waals surface area contributed by atoms with Gasteiger partial charge in [0.25, 0.3) is 5.91 Å². The van der Waals surface area contributed by atoms with Crippen LogP contribution < -0.4 is 10.2 Å². The van der Waals surface area contributed by atoms with Crippen molar-refractivity contribution in [1.29, 1.82) is 0 Å². The summed E-state index contributed by atoms with van der Waals surface area (Å²) in [6.45, 7) is 9.36. The molecular weight excluding hydrogens is 446 g/mol. The number of esters is 1. The lowest BCUT2D eigenvalue weighted by molar-refractivity contribution is -0.150. The van der Waals surface area contributed by atoms with Gasteiger partial charge in [0.1, 0.15) is 12.1 Å². The zero-order valence-corrected chi connectivity index (χ0v) is 21.4. The number of hydrogen-bond acceptors (Lipinski definition) is 6. The van der Waals surface area contributed by atoms with Crippen LogP contribution in [0.25, 0.3) is 0 Å². The molecule has 4 rings (SSSR count). The van der Waals surface area contributed by atoms with Crippen LogP contribution >= 0.6 is 0 Å². The van der Waals surface area contributed by atoms with E-state index in [2.05, 4.69) is 26.1 Å². The van der Waals surface area contributed by atoms with Gasteiger partial charge in [-0.15, -0.1) is 0 Å². The van der Waals surface area contributed by atoms with Gasteiger partial charge in [-0.3, -0.25) is 19.3 Å². The van der Waals surface area contributed by atoms with E-state index in [1.165, 1.54) is 6.08 Å². The highest BCUT2D eigenvalue weighted by Gasteiger charge is 2.56. The van der Waals surface area contributed by atoms with E-state index < -0.39 is 30.7 Å². The number of anilines is 1. The Labute approximate surface area is 206 Å². The summed E-state index contributed by atoms with van der Waals surface area (Å²) >= 11 is 0. The summed E-state index contributed by atoms with van der Waals surface area (Å²) in [5, 5.41) is 2.84. The lowest BCUT2D eigenvalue weighted by Crippen LogP contribution is -2.54. The van der Waals surface area contributed by atoms with E-state index in [0.29, 0.717) is 12.8 Å². The van der Waals surface area contributed by atoms with Gasteiger partial charge >= 0.3 is 12.0 Å². The summed E-state index contributed by atoms with van der Waals surface area (Å²) in [5.74, 6) is -1.27. The van der Waals surface area contributed by atoms with Crippen LogP contribution in [0.1, 0.15) is 59.4 Å². The second-order valence-corrected chi connectivity index (χ2v) is 11.6. The van der Waals surface area contributed by atoms with Gasteiger partial charge in [0, 0.05) is 29.9 Å². The number of nitrogens with one attached hydrogen (secondary N) is 1. The van der Waals surface area contributed by atoms with E-state index in [9.17, 15) is 19.2 Å². The molecule has 3 aliphatic rings. The second-order valence-electron chi connectivity index (χ2n) is 11.6. The Morgan fingerprint density at radius 3 is 2.49 bits per heavy atom. The monoisotopic (exact) mass is 481 g/mol. The quantitative estimate of drug-likeness (QED) is 0.393. The maximum atomic E-state index is 13.2. The summed E-state index contributed by atoms with van der Waals surface area (Å²) in [4.78, 5) is 53.8. The molecule has 1 saturated heterocycles. The molecule has 1 spiro atoms. The molecular formula is C27H35N3O5. The average molecular weight is 482 g/mol. The summed E-state index contributed by atoms with van der Waals surface area (Å²) in [6.07, 6.45) is 3.54. The summed E-state index contributed by atoms with van der Waals surface area (Å²) in [7, 11) is 1.90. The number of benzene rings is 1. The van der Waals surface area contributed by atoms with Crippen molar-refractivity contribution in [3.8, 4) is 0 Å². The van der Waals surface area contributed by atoms with Crippen LogP contribution in [0.15, 0.2) is 36.0 Å². The zero-order chi connectivity index (χ0) is 25.8. The number of amides is 3. The molecule has 1 saturated carbocycles. The Morgan fingerprint density at radius 2 is 1.83 bits per heavy atom. The average Bonchev–Trinajstić information content (AvgIpc) is 3.08. The maximum absolute atomic E-state index is 13.2. The number of ether oxygens (including phenoxy) is 1. The number of allylic oxidation sites excluding steroid dienone is 1. The number of para-hydroxylation sites is 1. The second kappa shape index (κ2) is 8.50. The summed E-state index contributed by atoms with van der Waals surface area (Å²) < 4.78 is 5.17. The van der Waals surface area contributed by atoms with Crippen molar-refractivity contribution in [1.82, 2.24) is 10.2 Å². The molecule has 1 aromatic rings. The molecule has 8 heteroatoms. The number of carbonyl (C=O) groups is 4. The molecule has 0 radical (unpaired) electrons. The highest BCUT2D eigenvalue weighted by molar-refractivity contribution is 6.09. The summed E-state index contributed by atoms with van der Waals surface area (Å²) in [6, 6.07) is 7.37. The van der Waals surface area contributed by atoms with Crippen molar-refractivity contribution in [2.75, 3.05) is 25.1 Å². The van der Waals surface area contributed by atoms with E-state index in [0.717, 1.165) is 28.3 Å². The molecule has 8 nitrogen and oxygen atoms in total. The van der Waals surface area contributed by atoms with Crippen LogP contribution in [0.2, 0.25) is 0 Å². The van der Waals surface area contributed by atoms with Crippen molar-refractivity contribution < 1.29 is 23.9 Å². The third-order valence-corrected chi connectivity index (χ3v) is 7.52. The Kier molecular flexibility index (Phi) is 6.06. The largest absolute Gasteiger partial charge is 0.456 e. The smallest absolute Gasteiger partial charge is 0.326 e. The Balaban J connectivity index is 1.38. The normalized spacial score (nSPS) is 27.8. The minimum absolute atomic E-state index is 0.0993. The molecule has 1 N–H and O–H groups in total. The number of imide groups is 1. The van der Waals surface area contributed by atoms with Gasteiger partial charge in [0.2, 0.25) is 0 Å². The van der Waals surface area contributed by atoms with Crippen molar-refractivity contribution in [3.63, 3.8) is 0 Å². The molecule has 2 atom stereocenters.